The minimum atomic E-state index is -4.94. The number of halogens is 3. The summed E-state index contributed by atoms with van der Waals surface area (Å²) in [4.78, 5) is 25.6. The van der Waals surface area contributed by atoms with E-state index in [-0.39, 0.29) is 17.0 Å². The zero-order chi connectivity index (χ0) is 22.4. The first-order valence-corrected chi connectivity index (χ1v) is 9.43. The third kappa shape index (κ3) is 3.99. The average molecular weight is 421 g/mol. The highest BCUT2D eigenvalue weighted by Crippen LogP contribution is 2.45. The van der Waals surface area contributed by atoms with Crippen LogP contribution in [0.4, 0.5) is 18.9 Å². The van der Waals surface area contributed by atoms with Crippen LogP contribution in [0.1, 0.15) is 48.7 Å². The Morgan fingerprint density at radius 3 is 2.43 bits per heavy atom. The maximum atomic E-state index is 12.9. The summed E-state index contributed by atoms with van der Waals surface area (Å²) in [5, 5.41) is 9.31. The number of aromatic carboxylic acids is 1. The lowest BCUT2D eigenvalue weighted by Crippen LogP contribution is -2.41. The van der Waals surface area contributed by atoms with E-state index in [4.69, 9.17) is 0 Å². The quantitative estimate of drug-likeness (QED) is 0.728. The first kappa shape index (κ1) is 21.7. The Hall–Kier alpha value is -3.03. The van der Waals surface area contributed by atoms with E-state index >= 15 is 0 Å². The van der Waals surface area contributed by atoms with Crippen molar-refractivity contribution in [3.8, 4) is 16.9 Å². The van der Waals surface area contributed by atoms with Crippen LogP contribution in [0.15, 0.2) is 30.3 Å². The van der Waals surface area contributed by atoms with Crippen molar-refractivity contribution in [2.75, 3.05) is 11.4 Å². The number of hydrogen-bond acceptors (Lipinski definition) is 3. The van der Waals surface area contributed by atoms with Gasteiger partial charge in [0.05, 0.1) is 5.56 Å². The number of benzene rings is 2. The van der Waals surface area contributed by atoms with Gasteiger partial charge in [0.2, 0.25) is 5.91 Å². The third-order valence-electron chi connectivity index (χ3n) is 5.32. The minimum Gasteiger partial charge on any atom is -0.478 e. The van der Waals surface area contributed by atoms with Gasteiger partial charge in [0.1, 0.15) is 5.75 Å². The number of nitrogens with zero attached hydrogens (tertiary/aromatic N) is 1. The summed E-state index contributed by atoms with van der Waals surface area (Å²) < 4.78 is 43.0. The Morgan fingerprint density at radius 1 is 1.20 bits per heavy atom. The van der Waals surface area contributed by atoms with Gasteiger partial charge in [0, 0.05) is 29.6 Å². The number of rotatable bonds is 4. The van der Waals surface area contributed by atoms with E-state index in [0.29, 0.717) is 29.8 Å². The van der Waals surface area contributed by atoms with Gasteiger partial charge in [0.15, 0.2) is 0 Å². The van der Waals surface area contributed by atoms with Crippen LogP contribution in [0.2, 0.25) is 0 Å². The highest BCUT2D eigenvalue weighted by Gasteiger charge is 2.37. The Bertz CT molecular complexity index is 1030. The van der Waals surface area contributed by atoms with E-state index in [1.807, 2.05) is 26.8 Å². The number of hydrogen-bond donors (Lipinski definition) is 1. The van der Waals surface area contributed by atoms with Crippen LogP contribution >= 0.6 is 0 Å². The molecule has 0 fully saturated rings. The van der Waals surface area contributed by atoms with Crippen molar-refractivity contribution >= 4 is 17.6 Å². The molecule has 0 radical (unpaired) electrons. The first-order valence-electron chi connectivity index (χ1n) is 9.43. The van der Waals surface area contributed by atoms with Gasteiger partial charge in [-0.3, -0.25) is 4.79 Å². The number of carbonyl (C=O) groups excluding carboxylic acids is 1. The van der Waals surface area contributed by atoms with Crippen molar-refractivity contribution in [1.82, 2.24) is 0 Å². The van der Waals surface area contributed by atoms with E-state index < -0.39 is 23.5 Å². The molecule has 0 bridgehead atoms. The smallest absolute Gasteiger partial charge is 0.478 e. The summed E-state index contributed by atoms with van der Waals surface area (Å²) in [5.74, 6) is -1.84. The summed E-state index contributed by atoms with van der Waals surface area (Å²) in [6, 6.07) is 6.72. The van der Waals surface area contributed by atoms with Crippen LogP contribution in [0.3, 0.4) is 0 Å². The molecule has 1 amide bonds. The molecule has 0 saturated carbocycles. The highest BCUT2D eigenvalue weighted by atomic mass is 19.4. The highest BCUT2D eigenvalue weighted by molar-refractivity contribution is 5.99. The molecule has 0 unspecified atom stereocenters. The van der Waals surface area contributed by atoms with E-state index in [0.717, 1.165) is 23.8 Å². The molecule has 0 saturated heterocycles. The van der Waals surface area contributed by atoms with Gasteiger partial charge < -0.3 is 14.7 Å². The fourth-order valence-electron chi connectivity index (χ4n) is 3.89. The zero-order valence-corrected chi connectivity index (χ0v) is 17.1. The Kier molecular flexibility index (Phi) is 5.30. The monoisotopic (exact) mass is 421 g/mol. The Morgan fingerprint density at radius 2 is 1.87 bits per heavy atom. The van der Waals surface area contributed by atoms with Crippen LogP contribution in [-0.2, 0) is 10.2 Å². The zero-order valence-electron chi connectivity index (χ0n) is 17.1. The number of alkyl halides is 3. The molecule has 0 atom stereocenters. The molecule has 1 N–H and O–H groups in total. The van der Waals surface area contributed by atoms with E-state index in [1.165, 1.54) is 0 Å². The summed E-state index contributed by atoms with van der Waals surface area (Å²) in [6.07, 6.45) is -4.61. The fraction of sp³-hybridized carbons (Fsp3) is 0.364. The number of anilines is 1. The molecule has 3 rings (SSSR count). The molecule has 160 valence electrons. The Balaban J connectivity index is 2.28. The average Bonchev–Trinajstić information content (AvgIpc) is 2.61. The number of carboxylic acids is 1. The molecular formula is C22H22F3NO4. The molecule has 1 aliphatic rings. The number of carbonyl (C=O) groups is 2. The first-order chi connectivity index (χ1) is 13.8. The standard InChI is InChI=1S/C22H22F3NO4/c1-5-26-17-10-14(12(2)8-16(17)21(3,4)11-19(26)27)15-9-13(20(28)29)6-7-18(15)30-22(23,24)25/h6-10H,5,11H2,1-4H3,(H,28,29). The molecule has 5 nitrogen and oxygen atoms in total. The molecule has 0 spiro atoms. The number of aryl methyl sites for hydroxylation is 1. The summed E-state index contributed by atoms with van der Waals surface area (Å²) in [5.41, 5.74) is 1.95. The lowest BCUT2D eigenvalue weighted by atomic mass is 9.75. The molecule has 0 aromatic heterocycles. The molecule has 2 aromatic rings. The largest absolute Gasteiger partial charge is 0.573 e. The van der Waals surface area contributed by atoms with Crippen molar-refractivity contribution in [1.29, 1.82) is 0 Å². The van der Waals surface area contributed by atoms with Crippen LogP contribution in [0.5, 0.6) is 5.75 Å². The number of amides is 1. The maximum Gasteiger partial charge on any atom is 0.573 e. The van der Waals surface area contributed by atoms with Crippen molar-refractivity contribution in [3.63, 3.8) is 0 Å². The Labute approximate surface area is 172 Å². The maximum absolute atomic E-state index is 12.9. The van der Waals surface area contributed by atoms with Gasteiger partial charge in [-0.15, -0.1) is 13.2 Å². The number of carboxylic acid groups (broad SMARTS) is 1. The molecule has 2 aromatic carbocycles. The topological polar surface area (TPSA) is 66.8 Å². The van der Waals surface area contributed by atoms with Crippen LogP contribution in [0, 0.1) is 6.92 Å². The predicted molar refractivity (Wildman–Crippen MR) is 106 cm³/mol. The third-order valence-corrected chi connectivity index (χ3v) is 5.32. The lowest BCUT2D eigenvalue weighted by Gasteiger charge is -2.39. The van der Waals surface area contributed by atoms with Gasteiger partial charge >= 0.3 is 12.3 Å². The van der Waals surface area contributed by atoms with Gasteiger partial charge in [0.25, 0.3) is 0 Å². The molecule has 0 aliphatic carbocycles. The van der Waals surface area contributed by atoms with Gasteiger partial charge in [-0.1, -0.05) is 19.9 Å². The second-order valence-corrected chi connectivity index (χ2v) is 7.95. The molecule has 1 heterocycles. The summed E-state index contributed by atoms with van der Waals surface area (Å²) in [6.45, 7) is 7.86. The van der Waals surface area contributed by atoms with Crippen molar-refractivity contribution in [2.45, 2.75) is 45.9 Å². The summed E-state index contributed by atoms with van der Waals surface area (Å²) >= 11 is 0. The second-order valence-electron chi connectivity index (χ2n) is 7.95. The minimum absolute atomic E-state index is 0.000549. The number of fused-ring (bicyclic) bond motifs is 1. The SMILES string of the molecule is CCN1C(=O)CC(C)(C)c2cc(C)c(-c3cc(C(=O)O)ccc3OC(F)(F)F)cc21. The number of ether oxygens (including phenoxy) is 1. The van der Waals surface area contributed by atoms with Crippen molar-refractivity contribution < 1.29 is 32.6 Å². The second kappa shape index (κ2) is 7.34. The van der Waals surface area contributed by atoms with Gasteiger partial charge in [-0.25, -0.2) is 4.79 Å². The van der Waals surface area contributed by atoms with Gasteiger partial charge in [-0.05, 0) is 54.8 Å². The van der Waals surface area contributed by atoms with Crippen LogP contribution < -0.4 is 9.64 Å². The van der Waals surface area contributed by atoms with Gasteiger partial charge in [-0.2, -0.15) is 0 Å². The normalized spacial score (nSPS) is 15.7. The van der Waals surface area contributed by atoms with Crippen molar-refractivity contribution in [3.05, 3.63) is 47.0 Å². The van der Waals surface area contributed by atoms with Crippen LogP contribution in [0.25, 0.3) is 11.1 Å². The molecular weight excluding hydrogens is 399 g/mol. The predicted octanol–water partition coefficient (Wildman–Crippen LogP) is 5.29. The fourth-order valence-corrected chi connectivity index (χ4v) is 3.89. The molecule has 1 aliphatic heterocycles. The van der Waals surface area contributed by atoms with Crippen LogP contribution in [-0.4, -0.2) is 29.9 Å². The molecule has 8 heteroatoms. The van der Waals surface area contributed by atoms with E-state index in [9.17, 15) is 27.9 Å². The lowest BCUT2D eigenvalue weighted by molar-refractivity contribution is -0.274. The van der Waals surface area contributed by atoms with E-state index in [2.05, 4.69) is 4.74 Å². The van der Waals surface area contributed by atoms with Crippen molar-refractivity contribution in [2.24, 2.45) is 0 Å². The van der Waals surface area contributed by atoms with E-state index in [1.54, 1.807) is 17.9 Å². The molecule has 30 heavy (non-hydrogen) atoms. The summed E-state index contributed by atoms with van der Waals surface area (Å²) in [7, 11) is 0.